The second kappa shape index (κ2) is 8.91. The van der Waals surface area contributed by atoms with Gasteiger partial charge in [0.2, 0.25) is 0 Å². The Balaban J connectivity index is 1.55. The van der Waals surface area contributed by atoms with Crippen molar-refractivity contribution in [2.45, 2.75) is 13.5 Å². The molecule has 0 radical (unpaired) electrons. The Bertz CT molecular complexity index is 1360. The Hall–Kier alpha value is -3.92. The number of aryl methyl sites for hydroxylation is 1. The standard InChI is InChI=1S/C23H23N5O4S/c1-16-6-4-5-7-18(16)15-28-13-12-22(25-28)24-23(29)21-14-20(26-33(30,31)27(21)2)17-8-10-19(32-3)11-9-17/h4-14H,15H2,1-3H3,(H,24,25,29). The van der Waals surface area contributed by atoms with Gasteiger partial charge in [-0.3, -0.25) is 9.48 Å². The van der Waals surface area contributed by atoms with E-state index < -0.39 is 16.1 Å². The summed E-state index contributed by atoms with van der Waals surface area (Å²) in [7, 11) is -1.24. The molecule has 1 N–H and O–H groups in total. The van der Waals surface area contributed by atoms with Crippen molar-refractivity contribution in [1.29, 1.82) is 0 Å². The third kappa shape index (κ3) is 4.80. The van der Waals surface area contributed by atoms with E-state index in [-0.39, 0.29) is 11.4 Å². The van der Waals surface area contributed by atoms with Gasteiger partial charge in [-0.15, -0.1) is 4.40 Å². The molecule has 1 aromatic heterocycles. The highest BCUT2D eigenvalue weighted by molar-refractivity contribution is 7.88. The molecule has 0 bridgehead atoms. The zero-order valence-electron chi connectivity index (χ0n) is 18.4. The maximum atomic E-state index is 13.0. The van der Waals surface area contributed by atoms with E-state index in [4.69, 9.17) is 4.74 Å². The number of carbonyl (C=O) groups is 1. The van der Waals surface area contributed by atoms with Crippen molar-refractivity contribution in [3.05, 3.63) is 89.3 Å². The zero-order valence-corrected chi connectivity index (χ0v) is 19.2. The number of carbonyl (C=O) groups excluding carboxylic acids is 1. The number of ether oxygens (including phenoxy) is 1. The fourth-order valence-electron chi connectivity index (χ4n) is 3.32. The molecule has 0 saturated heterocycles. The van der Waals surface area contributed by atoms with Gasteiger partial charge in [0.25, 0.3) is 5.91 Å². The summed E-state index contributed by atoms with van der Waals surface area (Å²) in [6.07, 6.45) is 3.19. The van der Waals surface area contributed by atoms with Gasteiger partial charge in [-0.1, -0.05) is 24.3 Å². The van der Waals surface area contributed by atoms with Crippen LogP contribution in [0.25, 0.3) is 0 Å². The Morgan fingerprint density at radius 1 is 1.09 bits per heavy atom. The highest BCUT2D eigenvalue weighted by Crippen LogP contribution is 2.22. The number of likely N-dealkylation sites (N-methyl/N-ethyl adjacent to an activating group) is 1. The van der Waals surface area contributed by atoms with Crippen molar-refractivity contribution in [2.75, 3.05) is 19.5 Å². The van der Waals surface area contributed by atoms with Crippen molar-refractivity contribution in [2.24, 2.45) is 4.40 Å². The molecule has 9 nitrogen and oxygen atoms in total. The first-order chi connectivity index (χ1) is 15.8. The SMILES string of the molecule is COc1ccc(C2=NS(=O)(=O)N(C)C(C(=O)Nc3ccn(Cc4ccccc4C)n3)=C2)cc1. The van der Waals surface area contributed by atoms with Crippen molar-refractivity contribution < 1.29 is 17.9 Å². The van der Waals surface area contributed by atoms with E-state index in [9.17, 15) is 13.2 Å². The van der Waals surface area contributed by atoms with Crippen LogP contribution in [-0.2, 0) is 21.5 Å². The molecule has 0 spiro atoms. The molecule has 4 rings (SSSR count). The lowest BCUT2D eigenvalue weighted by atomic mass is 10.1. The normalized spacial score (nSPS) is 14.9. The summed E-state index contributed by atoms with van der Waals surface area (Å²) in [6, 6.07) is 16.4. The molecule has 3 aromatic rings. The average molecular weight is 466 g/mol. The van der Waals surface area contributed by atoms with Crippen LogP contribution in [0.1, 0.15) is 16.7 Å². The monoisotopic (exact) mass is 465 g/mol. The van der Waals surface area contributed by atoms with Crippen LogP contribution in [0.4, 0.5) is 5.82 Å². The summed E-state index contributed by atoms with van der Waals surface area (Å²) >= 11 is 0. The molecule has 2 aromatic carbocycles. The van der Waals surface area contributed by atoms with Gasteiger partial charge in [-0.2, -0.15) is 13.5 Å². The number of allylic oxidation sites excluding steroid dienone is 1. The predicted octanol–water partition coefficient (Wildman–Crippen LogP) is 2.75. The quantitative estimate of drug-likeness (QED) is 0.603. The molecule has 33 heavy (non-hydrogen) atoms. The fraction of sp³-hybridized carbons (Fsp3) is 0.174. The molecular weight excluding hydrogens is 442 g/mol. The molecule has 2 heterocycles. The average Bonchev–Trinajstić information content (AvgIpc) is 3.23. The number of benzene rings is 2. The van der Waals surface area contributed by atoms with E-state index >= 15 is 0 Å². The van der Waals surface area contributed by atoms with Gasteiger partial charge in [0.15, 0.2) is 5.82 Å². The van der Waals surface area contributed by atoms with Crippen LogP contribution in [0.3, 0.4) is 0 Å². The first kappa shape index (κ1) is 22.3. The van der Waals surface area contributed by atoms with Gasteiger partial charge in [0, 0.05) is 24.9 Å². The molecular formula is C23H23N5O4S. The van der Waals surface area contributed by atoms with E-state index in [0.29, 0.717) is 23.7 Å². The van der Waals surface area contributed by atoms with Gasteiger partial charge in [0.05, 0.1) is 19.4 Å². The number of hydrogen-bond donors (Lipinski definition) is 1. The van der Waals surface area contributed by atoms with Crippen molar-refractivity contribution in [3.8, 4) is 5.75 Å². The Morgan fingerprint density at radius 2 is 1.82 bits per heavy atom. The fourth-order valence-corrected chi connectivity index (χ4v) is 4.24. The molecule has 0 unspecified atom stereocenters. The lowest BCUT2D eigenvalue weighted by Crippen LogP contribution is -2.35. The summed E-state index contributed by atoms with van der Waals surface area (Å²) in [4.78, 5) is 13.0. The van der Waals surface area contributed by atoms with Gasteiger partial charge in [-0.25, -0.2) is 4.31 Å². The van der Waals surface area contributed by atoms with Crippen LogP contribution in [0.5, 0.6) is 5.75 Å². The largest absolute Gasteiger partial charge is 0.497 e. The van der Waals surface area contributed by atoms with Crippen molar-refractivity contribution in [1.82, 2.24) is 14.1 Å². The van der Waals surface area contributed by atoms with Crippen molar-refractivity contribution >= 4 is 27.6 Å². The van der Waals surface area contributed by atoms with Crippen LogP contribution in [0.15, 0.2) is 77.0 Å². The molecule has 0 fully saturated rings. The lowest BCUT2D eigenvalue weighted by Gasteiger charge is -2.23. The van der Waals surface area contributed by atoms with E-state index in [1.165, 1.54) is 20.2 Å². The van der Waals surface area contributed by atoms with E-state index in [1.54, 1.807) is 41.2 Å². The number of aromatic nitrogens is 2. The maximum Gasteiger partial charge on any atom is 0.345 e. The van der Waals surface area contributed by atoms with Crippen LogP contribution in [0.2, 0.25) is 0 Å². The molecule has 1 aliphatic rings. The molecule has 170 valence electrons. The minimum absolute atomic E-state index is 0.0655. The van der Waals surface area contributed by atoms with E-state index in [0.717, 1.165) is 15.4 Å². The van der Waals surface area contributed by atoms with Gasteiger partial charge in [-0.05, 0) is 48.4 Å². The summed E-state index contributed by atoms with van der Waals surface area (Å²) in [5.41, 5.74) is 2.89. The molecule has 0 saturated carbocycles. The zero-order chi connectivity index (χ0) is 23.6. The third-order valence-electron chi connectivity index (χ3n) is 5.27. The van der Waals surface area contributed by atoms with E-state index in [2.05, 4.69) is 14.8 Å². The van der Waals surface area contributed by atoms with Gasteiger partial charge < -0.3 is 10.1 Å². The number of nitrogens with zero attached hydrogens (tertiary/aromatic N) is 4. The molecule has 1 aliphatic heterocycles. The van der Waals surface area contributed by atoms with Crippen molar-refractivity contribution in [3.63, 3.8) is 0 Å². The highest BCUT2D eigenvalue weighted by atomic mass is 32.2. The summed E-state index contributed by atoms with van der Waals surface area (Å²) in [5, 5.41) is 7.06. The second-order valence-corrected chi connectivity index (χ2v) is 9.09. The first-order valence-corrected chi connectivity index (χ1v) is 11.5. The first-order valence-electron chi connectivity index (χ1n) is 10.1. The lowest BCUT2D eigenvalue weighted by molar-refractivity contribution is -0.113. The summed E-state index contributed by atoms with van der Waals surface area (Å²) in [5.74, 6) is 0.329. The van der Waals surface area contributed by atoms with Crippen LogP contribution >= 0.6 is 0 Å². The van der Waals surface area contributed by atoms with E-state index in [1.807, 2.05) is 31.2 Å². The predicted molar refractivity (Wildman–Crippen MR) is 125 cm³/mol. The minimum atomic E-state index is -4.07. The van der Waals surface area contributed by atoms with Gasteiger partial charge in [0.1, 0.15) is 11.4 Å². The van der Waals surface area contributed by atoms with Crippen LogP contribution in [-0.4, -0.2) is 48.3 Å². The number of amides is 1. The molecule has 10 heteroatoms. The highest BCUT2D eigenvalue weighted by Gasteiger charge is 2.30. The second-order valence-electron chi connectivity index (χ2n) is 7.46. The number of nitrogens with one attached hydrogen (secondary N) is 1. The molecule has 1 amide bonds. The minimum Gasteiger partial charge on any atom is -0.497 e. The Labute approximate surface area is 192 Å². The molecule has 0 aliphatic carbocycles. The number of methoxy groups -OCH3 is 1. The summed E-state index contributed by atoms with van der Waals surface area (Å²) in [6.45, 7) is 2.57. The number of hydrogen-bond acceptors (Lipinski definition) is 5. The Morgan fingerprint density at radius 3 is 2.52 bits per heavy atom. The third-order valence-corrected chi connectivity index (χ3v) is 6.58. The molecule has 0 atom stereocenters. The smallest absolute Gasteiger partial charge is 0.345 e. The maximum absolute atomic E-state index is 13.0. The van der Waals surface area contributed by atoms with Crippen LogP contribution in [0, 0.1) is 6.92 Å². The topological polar surface area (TPSA) is 106 Å². The van der Waals surface area contributed by atoms with Gasteiger partial charge >= 0.3 is 10.2 Å². The number of rotatable bonds is 6. The summed E-state index contributed by atoms with van der Waals surface area (Å²) < 4.78 is 36.6. The Kier molecular flexibility index (Phi) is 6.01. The number of anilines is 1. The van der Waals surface area contributed by atoms with Crippen LogP contribution < -0.4 is 10.1 Å².